The molecule has 0 saturated carbocycles. The Morgan fingerprint density at radius 3 is 2.44 bits per heavy atom. The van der Waals surface area contributed by atoms with Crippen LogP contribution in [0.1, 0.15) is 18.4 Å². The first-order chi connectivity index (χ1) is 12.0. The number of methoxy groups -OCH3 is 3. The van der Waals surface area contributed by atoms with Gasteiger partial charge in [0.2, 0.25) is 5.75 Å². The molecular weight excluding hydrogens is 348 g/mol. The van der Waals surface area contributed by atoms with Crippen molar-refractivity contribution in [2.75, 3.05) is 27.9 Å². The van der Waals surface area contributed by atoms with Crippen molar-refractivity contribution in [3.63, 3.8) is 0 Å². The lowest BCUT2D eigenvalue weighted by molar-refractivity contribution is -0.138. The zero-order chi connectivity index (χ0) is 18.6. The molecule has 3 N–H and O–H groups in total. The summed E-state index contributed by atoms with van der Waals surface area (Å²) in [6.07, 6.45) is 1.36. The van der Waals surface area contributed by atoms with Crippen LogP contribution in [0.3, 0.4) is 0 Å². The van der Waals surface area contributed by atoms with Crippen LogP contribution in [-0.4, -0.2) is 33.9 Å². The van der Waals surface area contributed by atoms with Crippen molar-refractivity contribution in [2.24, 2.45) is 5.73 Å². The normalized spacial score (nSPS) is 18.1. The molecule has 1 atom stereocenters. The number of allylic oxidation sites excluding steroid dienone is 1. The molecule has 1 aliphatic rings. The maximum Gasteiger partial charge on any atom is 0.355 e. The zero-order valence-electron chi connectivity index (χ0n) is 14.5. The van der Waals surface area contributed by atoms with Crippen molar-refractivity contribution in [3.8, 4) is 17.2 Å². The van der Waals surface area contributed by atoms with Gasteiger partial charge in [-0.3, -0.25) is 0 Å². The van der Waals surface area contributed by atoms with Gasteiger partial charge < -0.3 is 30.0 Å². The van der Waals surface area contributed by atoms with Crippen LogP contribution in [0, 0.1) is 0 Å². The molecule has 1 aromatic rings. The van der Waals surface area contributed by atoms with E-state index >= 15 is 0 Å². The van der Waals surface area contributed by atoms with Gasteiger partial charge in [0, 0.05) is 17.5 Å². The third-order valence-corrected chi connectivity index (χ3v) is 4.18. The van der Waals surface area contributed by atoms with Gasteiger partial charge in [0.15, 0.2) is 11.5 Å². The van der Waals surface area contributed by atoms with Crippen molar-refractivity contribution in [3.05, 3.63) is 40.3 Å². The number of nitrogens with two attached hydrogens (primary N) is 1. The minimum absolute atomic E-state index is 0.155. The lowest BCUT2D eigenvalue weighted by Crippen LogP contribution is -2.19. The molecule has 0 amide bonds. The fourth-order valence-corrected chi connectivity index (χ4v) is 3.06. The summed E-state index contributed by atoms with van der Waals surface area (Å²) in [6.45, 7) is 1.95. The summed E-state index contributed by atoms with van der Waals surface area (Å²) < 4.78 is 21.2. The highest BCUT2D eigenvalue weighted by Crippen LogP contribution is 2.49. The molecule has 0 aliphatic carbocycles. The molecule has 1 unspecified atom stereocenters. The van der Waals surface area contributed by atoms with Crippen LogP contribution in [-0.2, 0) is 9.53 Å². The Balaban J connectivity index is 2.61. The number of carbonyl (C=O) groups excluding carboxylic acids is 1. The molecule has 1 aromatic carbocycles. The SMILES string of the molecule is CCOC(=O)C1=C(Cl)C(c2ccc(OC)c(OC)c2OC)C(=CN)N1. The second-order valence-corrected chi connectivity index (χ2v) is 5.45. The van der Waals surface area contributed by atoms with E-state index < -0.39 is 11.9 Å². The van der Waals surface area contributed by atoms with Crippen LogP contribution in [0.25, 0.3) is 0 Å². The molecular formula is C17H21ClN2O5. The highest BCUT2D eigenvalue weighted by molar-refractivity contribution is 6.33. The Hall–Kier alpha value is -2.54. The summed E-state index contributed by atoms with van der Waals surface area (Å²) in [5.74, 6) is 0.317. The van der Waals surface area contributed by atoms with Gasteiger partial charge in [-0.25, -0.2) is 4.79 Å². The number of carbonyl (C=O) groups is 1. The summed E-state index contributed by atoms with van der Waals surface area (Å²) in [6, 6.07) is 3.52. The van der Waals surface area contributed by atoms with Crippen LogP contribution in [0.5, 0.6) is 17.2 Å². The number of hydrogen-bond donors (Lipinski definition) is 2. The summed E-state index contributed by atoms with van der Waals surface area (Å²) in [5.41, 5.74) is 7.09. The maximum absolute atomic E-state index is 12.1. The topological polar surface area (TPSA) is 92.0 Å². The van der Waals surface area contributed by atoms with Gasteiger partial charge in [0.05, 0.1) is 38.9 Å². The monoisotopic (exact) mass is 368 g/mol. The van der Waals surface area contributed by atoms with Gasteiger partial charge in [-0.1, -0.05) is 17.7 Å². The van der Waals surface area contributed by atoms with Crippen molar-refractivity contribution in [1.29, 1.82) is 0 Å². The Morgan fingerprint density at radius 2 is 1.92 bits per heavy atom. The number of esters is 1. The summed E-state index contributed by atoms with van der Waals surface area (Å²) in [7, 11) is 4.56. The van der Waals surface area contributed by atoms with Crippen molar-refractivity contribution in [2.45, 2.75) is 12.8 Å². The minimum Gasteiger partial charge on any atom is -0.493 e. The summed E-state index contributed by atoms with van der Waals surface area (Å²) >= 11 is 6.47. The Kier molecular flexibility index (Phi) is 6.03. The van der Waals surface area contributed by atoms with E-state index in [1.165, 1.54) is 27.5 Å². The molecule has 7 nitrogen and oxygen atoms in total. The molecule has 25 heavy (non-hydrogen) atoms. The zero-order valence-corrected chi connectivity index (χ0v) is 15.3. The van der Waals surface area contributed by atoms with Crippen molar-refractivity contribution < 1.29 is 23.7 Å². The van der Waals surface area contributed by atoms with E-state index in [0.717, 1.165) is 0 Å². The average molecular weight is 369 g/mol. The van der Waals surface area contributed by atoms with Gasteiger partial charge in [-0.15, -0.1) is 0 Å². The first-order valence-electron chi connectivity index (χ1n) is 7.58. The second-order valence-electron chi connectivity index (χ2n) is 5.05. The lowest BCUT2D eigenvalue weighted by Gasteiger charge is -2.20. The van der Waals surface area contributed by atoms with Crippen LogP contribution in [0.4, 0.5) is 0 Å². The molecule has 0 spiro atoms. The first kappa shape index (κ1) is 18.8. The third kappa shape index (κ3) is 3.32. The van der Waals surface area contributed by atoms with Crippen molar-refractivity contribution in [1.82, 2.24) is 5.32 Å². The maximum atomic E-state index is 12.1. The van der Waals surface area contributed by atoms with Gasteiger partial charge >= 0.3 is 5.97 Å². The molecule has 0 fully saturated rings. The smallest absolute Gasteiger partial charge is 0.355 e. The van der Waals surface area contributed by atoms with E-state index in [2.05, 4.69) is 5.32 Å². The molecule has 2 rings (SSSR count). The van der Waals surface area contributed by atoms with Crippen LogP contribution >= 0.6 is 11.6 Å². The van der Waals surface area contributed by atoms with E-state index in [4.69, 9.17) is 36.3 Å². The average Bonchev–Trinajstić information content (AvgIpc) is 2.96. The number of halogens is 1. The fraction of sp³-hybridized carbons (Fsp3) is 0.353. The Bertz CT molecular complexity index is 730. The van der Waals surface area contributed by atoms with E-state index in [9.17, 15) is 4.79 Å². The van der Waals surface area contributed by atoms with E-state index in [-0.39, 0.29) is 17.3 Å². The van der Waals surface area contributed by atoms with E-state index in [1.54, 1.807) is 19.1 Å². The standard InChI is InChI=1S/C17H21ClN2O5/c1-5-25-17(21)14-13(18)12(10(8-19)20-14)9-6-7-11(22-2)16(24-4)15(9)23-3/h6-8,12,20H,5,19H2,1-4H3. The largest absolute Gasteiger partial charge is 0.493 e. The van der Waals surface area contributed by atoms with Crippen LogP contribution in [0.15, 0.2) is 34.8 Å². The minimum atomic E-state index is -0.547. The van der Waals surface area contributed by atoms with E-state index in [0.29, 0.717) is 28.5 Å². The van der Waals surface area contributed by atoms with Gasteiger partial charge in [0.25, 0.3) is 0 Å². The van der Waals surface area contributed by atoms with E-state index in [1.807, 2.05) is 0 Å². The number of benzene rings is 1. The Labute approximate surface area is 151 Å². The molecule has 1 aliphatic heterocycles. The second kappa shape index (κ2) is 8.02. The lowest BCUT2D eigenvalue weighted by atomic mass is 9.95. The predicted octanol–water partition coefficient (Wildman–Crippen LogP) is 2.21. The third-order valence-electron chi connectivity index (χ3n) is 3.78. The quantitative estimate of drug-likeness (QED) is 0.744. The fourth-order valence-electron chi connectivity index (χ4n) is 2.70. The summed E-state index contributed by atoms with van der Waals surface area (Å²) in [5, 5.41) is 3.19. The number of ether oxygens (including phenoxy) is 4. The van der Waals surface area contributed by atoms with Gasteiger partial charge in [0.1, 0.15) is 5.70 Å². The molecule has 0 saturated heterocycles. The molecule has 8 heteroatoms. The van der Waals surface area contributed by atoms with Crippen LogP contribution < -0.4 is 25.3 Å². The molecule has 136 valence electrons. The number of hydrogen-bond acceptors (Lipinski definition) is 7. The number of nitrogens with one attached hydrogen (secondary N) is 1. The first-order valence-corrected chi connectivity index (χ1v) is 7.96. The van der Waals surface area contributed by atoms with Gasteiger partial charge in [-0.2, -0.15) is 0 Å². The highest BCUT2D eigenvalue weighted by Gasteiger charge is 2.37. The molecule has 0 aromatic heterocycles. The molecule has 0 bridgehead atoms. The van der Waals surface area contributed by atoms with Gasteiger partial charge in [-0.05, 0) is 13.0 Å². The summed E-state index contributed by atoms with van der Waals surface area (Å²) in [4.78, 5) is 12.1. The highest BCUT2D eigenvalue weighted by atomic mass is 35.5. The number of rotatable bonds is 6. The van der Waals surface area contributed by atoms with Crippen LogP contribution in [0.2, 0.25) is 0 Å². The Morgan fingerprint density at radius 1 is 1.24 bits per heavy atom. The molecule has 1 heterocycles. The van der Waals surface area contributed by atoms with Crippen molar-refractivity contribution >= 4 is 17.6 Å². The molecule has 0 radical (unpaired) electrons. The predicted molar refractivity (Wildman–Crippen MR) is 93.8 cm³/mol.